The molecule has 108 valence electrons. The van der Waals surface area contributed by atoms with Gasteiger partial charge in [-0.1, -0.05) is 18.2 Å². The molecule has 0 amide bonds. The summed E-state index contributed by atoms with van der Waals surface area (Å²) in [7, 11) is 4.26. The largest absolute Gasteiger partial charge is 0.478 e. The van der Waals surface area contributed by atoms with Gasteiger partial charge in [0.1, 0.15) is 0 Å². The van der Waals surface area contributed by atoms with Crippen LogP contribution in [0.3, 0.4) is 0 Å². The number of carboxylic acids is 1. The standard InChI is InChI=1S/C16H22N2O2/c1-17(2)14-9-11-18(12-10-14)15-6-4-3-5-13(15)7-8-16(19)20/h3-8,14H,9-12H2,1-2H3,(H,19,20)/b8-7+. The molecule has 4 heteroatoms. The molecule has 1 N–H and O–H groups in total. The Kier molecular flexibility index (Phi) is 4.79. The topological polar surface area (TPSA) is 43.8 Å². The Morgan fingerprint density at radius 3 is 2.55 bits per heavy atom. The molecule has 1 aliphatic rings. The molecular weight excluding hydrogens is 252 g/mol. The summed E-state index contributed by atoms with van der Waals surface area (Å²) >= 11 is 0. The molecule has 0 unspecified atom stereocenters. The van der Waals surface area contributed by atoms with Gasteiger partial charge in [-0.2, -0.15) is 0 Å². The van der Waals surface area contributed by atoms with Crippen molar-refractivity contribution in [3.8, 4) is 0 Å². The van der Waals surface area contributed by atoms with Gasteiger partial charge in [0, 0.05) is 30.9 Å². The van der Waals surface area contributed by atoms with Crippen LogP contribution >= 0.6 is 0 Å². The number of benzene rings is 1. The summed E-state index contributed by atoms with van der Waals surface area (Å²) in [6.07, 6.45) is 5.16. The molecule has 1 aromatic rings. The van der Waals surface area contributed by atoms with Crippen LogP contribution in [0.1, 0.15) is 18.4 Å². The lowest BCUT2D eigenvalue weighted by atomic mass is 10.0. The number of aliphatic carboxylic acids is 1. The highest BCUT2D eigenvalue weighted by Crippen LogP contribution is 2.26. The quantitative estimate of drug-likeness (QED) is 0.856. The molecule has 2 rings (SSSR count). The molecule has 0 aliphatic carbocycles. The normalized spacial score (nSPS) is 17.1. The second-order valence-corrected chi connectivity index (χ2v) is 5.41. The predicted molar refractivity (Wildman–Crippen MR) is 82.0 cm³/mol. The fourth-order valence-corrected chi connectivity index (χ4v) is 2.70. The van der Waals surface area contributed by atoms with E-state index in [-0.39, 0.29) is 0 Å². The van der Waals surface area contributed by atoms with Gasteiger partial charge in [-0.15, -0.1) is 0 Å². The van der Waals surface area contributed by atoms with E-state index in [1.165, 1.54) is 6.08 Å². The second kappa shape index (κ2) is 6.57. The minimum atomic E-state index is -0.911. The molecule has 1 saturated heterocycles. The van der Waals surface area contributed by atoms with E-state index in [0.717, 1.165) is 37.2 Å². The summed E-state index contributed by atoms with van der Waals surface area (Å²) < 4.78 is 0. The van der Waals surface area contributed by atoms with Gasteiger partial charge in [0.25, 0.3) is 0 Å². The zero-order chi connectivity index (χ0) is 14.5. The lowest BCUT2D eigenvalue weighted by Crippen LogP contribution is -2.42. The Labute approximate surface area is 120 Å². The fourth-order valence-electron chi connectivity index (χ4n) is 2.70. The molecule has 1 aromatic carbocycles. The maximum absolute atomic E-state index is 10.7. The number of carboxylic acid groups (broad SMARTS) is 1. The predicted octanol–water partition coefficient (Wildman–Crippen LogP) is 2.31. The third kappa shape index (κ3) is 3.61. The van der Waals surface area contributed by atoms with E-state index in [0.29, 0.717) is 6.04 Å². The Balaban J connectivity index is 2.12. The lowest BCUT2D eigenvalue weighted by Gasteiger charge is -2.37. The smallest absolute Gasteiger partial charge is 0.328 e. The van der Waals surface area contributed by atoms with Crippen molar-refractivity contribution in [2.45, 2.75) is 18.9 Å². The molecule has 0 aromatic heterocycles. The molecule has 0 spiro atoms. The van der Waals surface area contributed by atoms with Crippen LogP contribution < -0.4 is 4.90 Å². The van der Waals surface area contributed by atoms with Crippen LogP contribution in [-0.2, 0) is 4.79 Å². The number of rotatable bonds is 4. The van der Waals surface area contributed by atoms with Gasteiger partial charge in [0.05, 0.1) is 0 Å². The van der Waals surface area contributed by atoms with Gasteiger partial charge in [-0.3, -0.25) is 0 Å². The maximum Gasteiger partial charge on any atom is 0.328 e. The second-order valence-electron chi connectivity index (χ2n) is 5.41. The van der Waals surface area contributed by atoms with Gasteiger partial charge in [0.15, 0.2) is 0 Å². The SMILES string of the molecule is CN(C)C1CCN(c2ccccc2/C=C/C(=O)O)CC1. The van der Waals surface area contributed by atoms with Crippen LogP contribution in [0.15, 0.2) is 30.3 Å². The number of nitrogens with zero attached hydrogens (tertiary/aromatic N) is 2. The molecule has 20 heavy (non-hydrogen) atoms. The van der Waals surface area contributed by atoms with Gasteiger partial charge in [0.2, 0.25) is 0 Å². The summed E-state index contributed by atoms with van der Waals surface area (Å²) in [6.45, 7) is 2.03. The van der Waals surface area contributed by atoms with Crippen LogP contribution in [0.25, 0.3) is 6.08 Å². The highest BCUT2D eigenvalue weighted by Gasteiger charge is 2.21. The van der Waals surface area contributed by atoms with Gasteiger partial charge < -0.3 is 14.9 Å². The molecule has 4 nitrogen and oxygen atoms in total. The highest BCUT2D eigenvalue weighted by atomic mass is 16.4. The maximum atomic E-state index is 10.7. The number of anilines is 1. The Hall–Kier alpha value is -1.81. The van der Waals surface area contributed by atoms with Crippen molar-refractivity contribution in [2.75, 3.05) is 32.1 Å². The van der Waals surface area contributed by atoms with Crippen molar-refractivity contribution < 1.29 is 9.90 Å². The Morgan fingerprint density at radius 1 is 1.30 bits per heavy atom. The number of para-hydroxylation sites is 1. The average molecular weight is 274 g/mol. The van der Waals surface area contributed by atoms with Crippen LogP contribution in [0.2, 0.25) is 0 Å². The number of piperidine rings is 1. The first-order valence-electron chi connectivity index (χ1n) is 6.99. The van der Waals surface area contributed by atoms with Crippen molar-refractivity contribution in [2.24, 2.45) is 0 Å². The van der Waals surface area contributed by atoms with Crippen molar-refractivity contribution in [1.82, 2.24) is 4.90 Å². The van der Waals surface area contributed by atoms with E-state index in [9.17, 15) is 4.79 Å². The first-order chi connectivity index (χ1) is 9.58. The minimum Gasteiger partial charge on any atom is -0.478 e. The monoisotopic (exact) mass is 274 g/mol. The summed E-state index contributed by atoms with van der Waals surface area (Å²) in [6, 6.07) is 8.63. The van der Waals surface area contributed by atoms with Gasteiger partial charge in [-0.25, -0.2) is 4.79 Å². The zero-order valence-electron chi connectivity index (χ0n) is 12.1. The third-order valence-electron chi connectivity index (χ3n) is 3.88. The lowest BCUT2D eigenvalue weighted by molar-refractivity contribution is -0.131. The summed E-state index contributed by atoms with van der Waals surface area (Å²) in [5, 5.41) is 8.77. The van der Waals surface area contributed by atoms with Crippen LogP contribution in [-0.4, -0.2) is 49.2 Å². The van der Waals surface area contributed by atoms with Crippen LogP contribution in [0, 0.1) is 0 Å². The van der Waals surface area contributed by atoms with Crippen molar-refractivity contribution >= 4 is 17.7 Å². The van der Waals surface area contributed by atoms with Crippen LogP contribution in [0.5, 0.6) is 0 Å². The van der Waals surface area contributed by atoms with E-state index in [2.05, 4.69) is 30.0 Å². The first-order valence-corrected chi connectivity index (χ1v) is 6.99. The Morgan fingerprint density at radius 2 is 1.95 bits per heavy atom. The summed E-state index contributed by atoms with van der Waals surface area (Å²) in [5.41, 5.74) is 2.10. The van der Waals surface area contributed by atoms with Crippen molar-refractivity contribution in [3.63, 3.8) is 0 Å². The van der Waals surface area contributed by atoms with Crippen molar-refractivity contribution in [3.05, 3.63) is 35.9 Å². The fraction of sp³-hybridized carbons (Fsp3) is 0.438. The zero-order valence-corrected chi connectivity index (χ0v) is 12.1. The summed E-state index contributed by atoms with van der Waals surface area (Å²) in [4.78, 5) is 15.3. The van der Waals surface area contributed by atoms with Crippen LogP contribution in [0.4, 0.5) is 5.69 Å². The average Bonchev–Trinajstić information content (AvgIpc) is 2.45. The molecule has 1 fully saturated rings. The van der Waals surface area contributed by atoms with E-state index in [1.54, 1.807) is 6.08 Å². The molecule has 0 saturated carbocycles. The van der Waals surface area contributed by atoms with E-state index < -0.39 is 5.97 Å². The molecular formula is C16H22N2O2. The first kappa shape index (κ1) is 14.6. The number of hydrogen-bond donors (Lipinski definition) is 1. The van der Waals surface area contributed by atoms with Gasteiger partial charge in [-0.05, 0) is 44.6 Å². The molecule has 0 bridgehead atoms. The Bertz CT molecular complexity index is 489. The highest BCUT2D eigenvalue weighted by molar-refractivity contribution is 5.87. The van der Waals surface area contributed by atoms with E-state index >= 15 is 0 Å². The van der Waals surface area contributed by atoms with Crippen molar-refractivity contribution in [1.29, 1.82) is 0 Å². The van der Waals surface area contributed by atoms with E-state index in [1.807, 2.05) is 18.2 Å². The number of hydrogen-bond acceptors (Lipinski definition) is 3. The summed E-state index contributed by atoms with van der Waals surface area (Å²) in [5.74, 6) is -0.911. The van der Waals surface area contributed by atoms with Gasteiger partial charge >= 0.3 is 5.97 Å². The molecule has 1 heterocycles. The minimum absolute atomic E-state index is 0.646. The number of carbonyl (C=O) groups is 1. The third-order valence-corrected chi connectivity index (χ3v) is 3.88. The molecule has 0 radical (unpaired) electrons. The van der Waals surface area contributed by atoms with E-state index in [4.69, 9.17) is 5.11 Å². The molecule has 1 aliphatic heterocycles. The molecule has 0 atom stereocenters.